The molecule has 8 unspecified atom stereocenters. The van der Waals surface area contributed by atoms with E-state index in [2.05, 4.69) is 18.5 Å². The van der Waals surface area contributed by atoms with Crippen LogP contribution < -0.4 is 5.32 Å². The van der Waals surface area contributed by atoms with Gasteiger partial charge in [-0.15, -0.1) is 0 Å². The second kappa shape index (κ2) is 8.88. The fraction of sp³-hybridized carbons (Fsp3) is 0.615. The number of hydrogen-bond acceptors (Lipinski definition) is 10. The third-order valence-corrected chi connectivity index (χ3v) is 8.45. The highest BCUT2D eigenvalue weighted by atomic mass is 31.3. The van der Waals surface area contributed by atoms with Crippen LogP contribution in [0.1, 0.15) is 6.42 Å². The predicted octanol–water partition coefficient (Wildman–Crippen LogP) is -1.18. The van der Waals surface area contributed by atoms with Crippen molar-refractivity contribution in [2.45, 2.75) is 36.9 Å². The van der Waals surface area contributed by atoms with Gasteiger partial charge >= 0.3 is 23.5 Å². The first kappa shape index (κ1) is 24.9. The van der Waals surface area contributed by atoms with Gasteiger partial charge in [0.15, 0.2) is 0 Å². The molecule has 0 aromatic carbocycles. The van der Waals surface area contributed by atoms with E-state index in [1.807, 2.05) is 6.08 Å². The number of nitrogens with one attached hydrogen (secondary N) is 1. The summed E-state index contributed by atoms with van der Waals surface area (Å²) >= 11 is 0. The fourth-order valence-corrected chi connectivity index (χ4v) is 6.41. The summed E-state index contributed by atoms with van der Waals surface area (Å²) in [6, 6.07) is -0.187. The van der Waals surface area contributed by atoms with Gasteiger partial charge in [-0.25, -0.2) is 13.7 Å². The number of fused-ring (bicyclic) bond motifs is 1. The van der Waals surface area contributed by atoms with Crippen LogP contribution in [-0.4, -0.2) is 72.8 Å². The molecular formula is C13H20NO14P3. The molecule has 0 aromatic rings. The van der Waals surface area contributed by atoms with Crippen LogP contribution in [0.15, 0.2) is 23.8 Å². The Labute approximate surface area is 174 Å². The molecule has 15 nitrogen and oxygen atoms in total. The molecule has 0 aromatic heterocycles. The second-order valence-corrected chi connectivity index (χ2v) is 11.3. The van der Waals surface area contributed by atoms with E-state index in [4.69, 9.17) is 19.4 Å². The molecule has 1 aliphatic carbocycles. The van der Waals surface area contributed by atoms with Crippen LogP contribution in [0.25, 0.3) is 0 Å². The van der Waals surface area contributed by atoms with Gasteiger partial charge in [-0.1, -0.05) is 18.2 Å². The first-order valence-corrected chi connectivity index (χ1v) is 13.2. The van der Waals surface area contributed by atoms with Crippen molar-refractivity contribution in [1.82, 2.24) is 5.32 Å². The molecule has 18 heteroatoms. The number of phosphoric acid groups is 3. The van der Waals surface area contributed by atoms with Crippen molar-refractivity contribution >= 4 is 29.4 Å². The van der Waals surface area contributed by atoms with Crippen LogP contribution in [-0.2, 0) is 36.4 Å². The fourth-order valence-electron chi connectivity index (χ4n) is 3.38. The summed E-state index contributed by atoms with van der Waals surface area (Å²) in [7, 11) is -16.7. The second-order valence-electron chi connectivity index (χ2n) is 6.90. The molecule has 0 radical (unpaired) electrons. The standard InChI is InChI=1S/C13H20NO14P3/c15-10-9(5-25-30(21,22)28-31(23,24)27-29(18,19)20)26-12(11(10)16)7-4-6-2-1-3-8(6)14-13(7)17/h1-2,4,7-12,15-16H,3,5H2,(H,14,17)(H,21,22)(H,23,24)(H2,18,19,20). The Morgan fingerprint density at radius 1 is 1.06 bits per heavy atom. The Balaban J connectivity index is 1.63. The number of ether oxygens (including phenoxy) is 1. The highest BCUT2D eigenvalue weighted by Gasteiger charge is 2.50. The average Bonchev–Trinajstić information content (AvgIpc) is 3.14. The predicted molar refractivity (Wildman–Crippen MR) is 97.8 cm³/mol. The van der Waals surface area contributed by atoms with Gasteiger partial charge in [0.2, 0.25) is 5.91 Å². The molecule has 2 aliphatic heterocycles. The van der Waals surface area contributed by atoms with Crippen molar-refractivity contribution in [1.29, 1.82) is 0 Å². The number of aliphatic hydroxyl groups is 2. The molecule has 2 heterocycles. The molecule has 8 atom stereocenters. The lowest BCUT2D eigenvalue weighted by molar-refractivity contribution is -0.131. The molecule has 7 N–H and O–H groups in total. The molecule has 3 rings (SSSR count). The molecule has 31 heavy (non-hydrogen) atoms. The van der Waals surface area contributed by atoms with Gasteiger partial charge in [-0.3, -0.25) is 9.32 Å². The Bertz CT molecular complexity index is 928. The van der Waals surface area contributed by atoms with Gasteiger partial charge in [0.1, 0.15) is 24.4 Å². The van der Waals surface area contributed by atoms with Crippen molar-refractivity contribution in [2.24, 2.45) is 5.92 Å². The van der Waals surface area contributed by atoms with Crippen LogP contribution in [0.2, 0.25) is 0 Å². The van der Waals surface area contributed by atoms with Crippen molar-refractivity contribution in [2.75, 3.05) is 6.61 Å². The zero-order valence-electron chi connectivity index (χ0n) is 15.4. The van der Waals surface area contributed by atoms with Gasteiger partial charge in [0.25, 0.3) is 0 Å². The minimum atomic E-state index is -5.70. The topological polar surface area (TPSA) is 239 Å². The van der Waals surface area contributed by atoms with Gasteiger partial charge < -0.3 is 39.8 Å². The van der Waals surface area contributed by atoms with Gasteiger partial charge in [0.05, 0.1) is 18.6 Å². The normalized spacial score (nSPS) is 37.0. The summed E-state index contributed by atoms with van der Waals surface area (Å²) in [5.74, 6) is -1.43. The maximum atomic E-state index is 12.3. The third-order valence-electron chi connectivity index (χ3n) is 4.65. The van der Waals surface area contributed by atoms with E-state index >= 15 is 0 Å². The number of amides is 1. The zero-order valence-corrected chi connectivity index (χ0v) is 18.1. The molecule has 0 spiro atoms. The summed E-state index contributed by atoms with van der Waals surface area (Å²) in [6.07, 6.45) is -0.0842. The van der Waals surface area contributed by atoms with E-state index < -0.39 is 66.3 Å². The van der Waals surface area contributed by atoms with Crippen molar-refractivity contribution < 1.29 is 66.2 Å². The molecule has 1 saturated heterocycles. The van der Waals surface area contributed by atoms with Crippen LogP contribution in [0.5, 0.6) is 0 Å². The lowest BCUT2D eigenvalue weighted by atomic mass is 9.89. The molecule has 3 aliphatic rings. The van der Waals surface area contributed by atoms with Crippen LogP contribution in [0, 0.1) is 5.92 Å². The van der Waals surface area contributed by atoms with E-state index in [0.29, 0.717) is 6.42 Å². The maximum Gasteiger partial charge on any atom is 0.490 e. The summed E-state index contributed by atoms with van der Waals surface area (Å²) < 4.78 is 50.7. The van der Waals surface area contributed by atoms with E-state index in [9.17, 15) is 33.6 Å². The van der Waals surface area contributed by atoms with Gasteiger partial charge in [0, 0.05) is 0 Å². The van der Waals surface area contributed by atoms with Crippen LogP contribution in [0.4, 0.5) is 0 Å². The van der Waals surface area contributed by atoms with Gasteiger partial charge in [-0.05, 0) is 12.0 Å². The van der Waals surface area contributed by atoms with Crippen molar-refractivity contribution in [3.05, 3.63) is 23.8 Å². The Hall–Kier alpha value is -0.760. The molecule has 1 fully saturated rings. The SMILES string of the molecule is O=C1NC2CC=CC2=CC1C1OC(COP(=O)(O)OP(=O)(O)OP(=O)(O)O)C(O)C1O. The van der Waals surface area contributed by atoms with E-state index in [0.717, 1.165) is 5.57 Å². The first-order valence-electron chi connectivity index (χ1n) is 8.66. The maximum absolute atomic E-state index is 12.3. The number of phosphoric ester groups is 1. The lowest BCUT2D eigenvalue weighted by Crippen LogP contribution is -2.48. The quantitative estimate of drug-likeness (QED) is 0.192. The molecule has 176 valence electrons. The van der Waals surface area contributed by atoms with Gasteiger partial charge in [-0.2, -0.15) is 8.62 Å². The lowest BCUT2D eigenvalue weighted by Gasteiger charge is -2.29. The molecule has 0 saturated carbocycles. The monoisotopic (exact) mass is 507 g/mol. The van der Waals surface area contributed by atoms with Crippen molar-refractivity contribution in [3.8, 4) is 0 Å². The number of hydrogen-bond donors (Lipinski definition) is 7. The number of rotatable bonds is 8. The Morgan fingerprint density at radius 2 is 1.74 bits per heavy atom. The average molecular weight is 507 g/mol. The van der Waals surface area contributed by atoms with E-state index in [1.165, 1.54) is 0 Å². The smallest absolute Gasteiger partial charge is 0.388 e. The van der Waals surface area contributed by atoms with Crippen molar-refractivity contribution in [3.63, 3.8) is 0 Å². The zero-order chi connectivity index (χ0) is 23.2. The summed E-state index contributed by atoms with van der Waals surface area (Å²) in [6.45, 7) is -0.953. The molecular weight excluding hydrogens is 487 g/mol. The first-order chi connectivity index (χ1) is 14.2. The highest BCUT2D eigenvalue weighted by molar-refractivity contribution is 7.66. The summed E-state index contributed by atoms with van der Waals surface area (Å²) in [5.41, 5.74) is 0.798. The minimum Gasteiger partial charge on any atom is -0.388 e. The van der Waals surface area contributed by atoms with Crippen LogP contribution >= 0.6 is 23.5 Å². The van der Waals surface area contributed by atoms with E-state index in [-0.39, 0.29) is 6.04 Å². The summed E-state index contributed by atoms with van der Waals surface area (Å²) in [5, 5.41) is 23.2. The number of carbonyl (C=O) groups excluding carboxylic acids is 1. The van der Waals surface area contributed by atoms with Crippen LogP contribution in [0.3, 0.4) is 0 Å². The molecule has 0 bridgehead atoms. The largest absolute Gasteiger partial charge is 0.490 e. The molecule has 1 amide bonds. The number of aliphatic hydroxyl groups excluding tert-OH is 2. The third kappa shape index (κ3) is 6.18. The Morgan fingerprint density at radius 3 is 2.39 bits per heavy atom. The Kier molecular flexibility index (Phi) is 7.13. The summed E-state index contributed by atoms with van der Waals surface area (Å²) in [4.78, 5) is 47.9. The number of carbonyl (C=O) groups is 1. The minimum absolute atomic E-state index is 0.187. The highest BCUT2D eigenvalue weighted by Crippen LogP contribution is 2.66. The van der Waals surface area contributed by atoms with E-state index in [1.54, 1.807) is 12.2 Å².